The Morgan fingerprint density at radius 1 is 0.347 bits per heavy atom. The number of hydrogen-bond acceptors (Lipinski definition) is 24. The van der Waals surface area contributed by atoms with Crippen molar-refractivity contribution in [2.75, 3.05) is 26.4 Å². The van der Waals surface area contributed by atoms with Crippen LogP contribution in [0.1, 0.15) is 427 Å². The highest BCUT2D eigenvalue weighted by Crippen LogP contribution is 2.49. The van der Waals surface area contributed by atoms with Gasteiger partial charge in [-0.15, -0.1) is 0 Å². The van der Waals surface area contributed by atoms with Gasteiger partial charge in [-0.05, 0) is 63.2 Å². The van der Waals surface area contributed by atoms with Gasteiger partial charge in [0.25, 0.3) is 0 Å². The first kappa shape index (κ1) is 112. The predicted molar refractivity (Wildman–Crippen MR) is 472 cm³/mol. The van der Waals surface area contributed by atoms with Crippen LogP contribution in [0.4, 0.5) is 0 Å². The molecule has 0 amide bonds. The number of esters is 4. The molecular weight excluding hydrogens is 1570 g/mol. The zero-order valence-corrected chi connectivity index (χ0v) is 77.3. The number of rotatable bonds is 79. The fraction of sp³-hybridized carbons (Fsp3) is 0.937. The number of phosphoric ester groups is 1. The van der Waals surface area contributed by atoms with Gasteiger partial charge in [0.15, 0.2) is 24.8 Å². The van der Waals surface area contributed by atoms with Crippen LogP contribution in [0.3, 0.4) is 0 Å². The first-order chi connectivity index (χ1) is 58.5. The van der Waals surface area contributed by atoms with Gasteiger partial charge >= 0.3 is 31.7 Å². The van der Waals surface area contributed by atoms with Crippen LogP contribution in [0.15, 0.2) is 12.2 Å². The van der Waals surface area contributed by atoms with Gasteiger partial charge in [0, 0.05) is 25.7 Å². The summed E-state index contributed by atoms with van der Waals surface area (Å²) in [5.41, 5.74) is 0. The summed E-state index contributed by atoms with van der Waals surface area (Å²) in [5.74, 6) is -1.65. The van der Waals surface area contributed by atoms with Crippen molar-refractivity contribution in [2.24, 2.45) is 11.8 Å². The van der Waals surface area contributed by atoms with Crippen LogP contribution in [-0.4, -0.2) is 205 Å². The summed E-state index contributed by atoms with van der Waals surface area (Å²) < 4.78 is 73.7. The van der Waals surface area contributed by atoms with E-state index in [4.69, 9.17) is 46.9 Å². The summed E-state index contributed by atoms with van der Waals surface area (Å²) in [6.07, 6.45) is 29.1. The Kier molecular flexibility index (Phi) is 66.9. The Balaban J connectivity index is 1.92. The highest BCUT2D eigenvalue weighted by atomic mass is 31.2. The van der Waals surface area contributed by atoms with Crippen molar-refractivity contribution < 1.29 is 122 Å². The van der Waals surface area contributed by atoms with E-state index < -0.39 is 162 Å². The Bertz CT molecular complexity index is 2590. The van der Waals surface area contributed by atoms with Gasteiger partial charge in [0.1, 0.15) is 92.6 Å². The standard InChI is InChI=1S/C95H177O25P/c1-7-11-15-19-23-25-27-29-31-33-35-37-39-49-57-65-78(97)111-70-75(114-80(99)67-59-51-40-38-36-34-32-30-28-26-24-20-16-12-8-2)71-113-121(109,110)120-93-91(118-94-88(107)84(103)82(101)76(69-96)115-94)87(106)86(105)90(117-81(100)68-60-52-44-42-48-56-64-74(6)62-54-46-22-18-14-10-4)92(93)119-95-89(108)85(104)83(102)77(116-95)72-112-79(98)66-58-50-43-41-47-55-63-73(5)61-53-45-21-17-13-9-3/h25,27,73-77,82-96,101-108H,7-24,26,28-72H2,1-6H3,(H,109,110)/b27-25-. The average molecular weight is 1750 g/mol. The van der Waals surface area contributed by atoms with E-state index in [9.17, 15) is 74.6 Å². The quantitative estimate of drug-likeness (QED) is 0.00889. The van der Waals surface area contributed by atoms with Gasteiger partial charge in [0.05, 0.1) is 13.2 Å². The van der Waals surface area contributed by atoms with Crippen LogP contribution in [0.25, 0.3) is 0 Å². The third-order valence-electron chi connectivity index (χ3n) is 24.6. The zero-order chi connectivity index (χ0) is 88.5. The number of allylic oxidation sites excluding steroid dienone is 2. The lowest BCUT2D eigenvalue weighted by atomic mass is 9.84. The van der Waals surface area contributed by atoms with Gasteiger partial charge < -0.3 is 88.7 Å². The molecule has 20 unspecified atom stereocenters. The molecule has 0 radical (unpaired) electrons. The van der Waals surface area contributed by atoms with Gasteiger partial charge in [-0.25, -0.2) is 4.57 Å². The molecule has 0 bridgehead atoms. The molecule has 0 aromatic rings. The second-order valence-corrected chi connectivity index (χ2v) is 37.2. The van der Waals surface area contributed by atoms with E-state index in [1.165, 1.54) is 180 Å². The van der Waals surface area contributed by atoms with Crippen molar-refractivity contribution in [2.45, 2.75) is 531 Å². The fourth-order valence-electron chi connectivity index (χ4n) is 16.6. The van der Waals surface area contributed by atoms with Crippen molar-refractivity contribution >= 4 is 31.7 Å². The lowest BCUT2D eigenvalue weighted by molar-refractivity contribution is -0.360. The second kappa shape index (κ2) is 72.1. The van der Waals surface area contributed by atoms with Crippen LogP contribution in [0, 0.1) is 11.8 Å². The van der Waals surface area contributed by atoms with Crippen molar-refractivity contribution in [3.05, 3.63) is 12.2 Å². The van der Waals surface area contributed by atoms with E-state index in [0.29, 0.717) is 43.9 Å². The molecular formula is C95H177O25P. The number of hydrogen-bond donors (Lipinski definition) is 10. The van der Waals surface area contributed by atoms with E-state index in [-0.39, 0.29) is 25.7 Å². The summed E-state index contributed by atoms with van der Waals surface area (Å²) in [4.78, 5) is 66.7. The summed E-state index contributed by atoms with van der Waals surface area (Å²) >= 11 is 0. The zero-order valence-electron chi connectivity index (χ0n) is 76.4. The molecule has 1 saturated carbocycles. The smallest absolute Gasteiger partial charge is 0.463 e. The van der Waals surface area contributed by atoms with E-state index in [0.717, 1.165) is 148 Å². The van der Waals surface area contributed by atoms with E-state index in [2.05, 4.69) is 53.7 Å². The largest absolute Gasteiger partial charge is 0.472 e. The third-order valence-corrected chi connectivity index (χ3v) is 25.5. The Morgan fingerprint density at radius 2 is 0.669 bits per heavy atom. The topological polar surface area (TPSA) is 380 Å². The Hall–Kier alpha value is -2.79. The lowest BCUT2D eigenvalue weighted by Gasteiger charge is -2.50. The highest BCUT2D eigenvalue weighted by molar-refractivity contribution is 7.47. The molecule has 2 aliphatic heterocycles. The number of unbranched alkanes of at least 4 members (excludes halogenated alkanes) is 45. The molecule has 1 aliphatic carbocycles. The number of carbonyl (C=O) groups excluding carboxylic acids is 4. The summed E-state index contributed by atoms with van der Waals surface area (Å²) in [7, 11) is -5.81. The van der Waals surface area contributed by atoms with Gasteiger partial charge in [-0.2, -0.15) is 0 Å². The molecule has 2 heterocycles. The number of aliphatic hydroxyl groups excluding tert-OH is 9. The van der Waals surface area contributed by atoms with Crippen molar-refractivity contribution in [3.63, 3.8) is 0 Å². The van der Waals surface area contributed by atoms with E-state index >= 15 is 0 Å². The molecule has 0 aromatic carbocycles. The molecule has 0 aromatic heterocycles. The lowest BCUT2D eigenvalue weighted by Crippen LogP contribution is -2.70. The summed E-state index contributed by atoms with van der Waals surface area (Å²) in [6.45, 7) is 10.2. The normalized spacial score (nSPS) is 25.2. The molecule has 712 valence electrons. The second-order valence-electron chi connectivity index (χ2n) is 35.8. The molecule has 10 N–H and O–H groups in total. The molecule has 3 rings (SSSR count). The number of carbonyl (C=O) groups is 4. The predicted octanol–water partition coefficient (Wildman–Crippen LogP) is 18.8. The molecule has 3 aliphatic rings. The van der Waals surface area contributed by atoms with Gasteiger partial charge in [-0.1, -0.05) is 362 Å². The fourth-order valence-corrected chi connectivity index (χ4v) is 17.5. The molecule has 121 heavy (non-hydrogen) atoms. The van der Waals surface area contributed by atoms with Crippen LogP contribution in [0.2, 0.25) is 0 Å². The maximum absolute atomic E-state index is 14.9. The Morgan fingerprint density at radius 3 is 1.07 bits per heavy atom. The van der Waals surface area contributed by atoms with Crippen LogP contribution < -0.4 is 0 Å². The van der Waals surface area contributed by atoms with Crippen molar-refractivity contribution in [1.82, 2.24) is 0 Å². The third kappa shape index (κ3) is 52.5. The van der Waals surface area contributed by atoms with Crippen LogP contribution in [-0.2, 0) is 70.7 Å². The molecule has 3 fully saturated rings. The van der Waals surface area contributed by atoms with Gasteiger partial charge in [0.2, 0.25) is 0 Å². The molecule has 2 saturated heterocycles. The van der Waals surface area contributed by atoms with Gasteiger partial charge in [-0.3, -0.25) is 28.2 Å². The van der Waals surface area contributed by atoms with Crippen LogP contribution >= 0.6 is 7.82 Å². The molecule has 25 nitrogen and oxygen atoms in total. The van der Waals surface area contributed by atoms with Crippen molar-refractivity contribution in [1.29, 1.82) is 0 Å². The average Bonchev–Trinajstić information content (AvgIpc) is 0.753. The molecule has 20 atom stereocenters. The number of phosphoric acid groups is 1. The minimum atomic E-state index is -5.81. The highest BCUT2D eigenvalue weighted by Gasteiger charge is 2.60. The summed E-state index contributed by atoms with van der Waals surface area (Å²) in [6, 6.07) is 0. The maximum atomic E-state index is 14.9. The first-order valence-corrected chi connectivity index (χ1v) is 50.7. The summed E-state index contributed by atoms with van der Waals surface area (Å²) in [5, 5.41) is 103. The molecule has 26 heteroatoms. The number of ether oxygens (including phenoxy) is 8. The monoisotopic (exact) mass is 1750 g/mol. The van der Waals surface area contributed by atoms with E-state index in [1.54, 1.807) is 0 Å². The Labute approximate surface area is 731 Å². The van der Waals surface area contributed by atoms with Crippen molar-refractivity contribution in [3.8, 4) is 0 Å². The minimum Gasteiger partial charge on any atom is -0.463 e. The first-order valence-electron chi connectivity index (χ1n) is 49.2. The van der Waals surface area contributed by atoms with Crippen LogP contribution in [0.5, 0.6) is 0 Å². The number of aliphatic hydroxyl groups is 9. The minimum absolute atomic E-state index is 0.0155. The van der Waals surface area contributed by atoms with E-state index in [1.807, 2.05) is 0 Å². The SMILES string of the molecule is CCCCCC/C=C\CCCCCCCCCC(=O)OCC(COP(=O)(O)OC1C(OC2OC(CO)C(O)C(O)C2O)C(O)C(O)C(OC(=O)CCCCCCCCC(C)CCCCCCCC)C1OC1OC(COC(=O)CCCCCCCCC(C)CCCCCCCC)C(O)C(O)C1O)OC(=O)CCCCCCCCCCCCCCCCC. The molecule has 0 spiro atoms. The maximum Gasteiger partial charge on any atom is 0.472 e.